The Bertz CT molecular complexity index is 1250. The Hall–Kier alpha value is -3.55. The number of carbonyl (C=O) groups is 1. The number of aromatic amines is 1. The molecule has 168 valence electrons. The molecule has 2 aromatic heterocycles. The number of pyridine rings is 1. The van der Waals surface area contributed by atoms with Crippen LogP contribution in [0, 0.1) is 6.92 Å². The summed E-state index contributed by atoms with van der Waals surface area (Å²) in [6.07, 6.45) is 1.95. The first-order valence-corrected chi connectivity index (χ1v) is 11.2. The molecular weight excluding hydrogens is 414 g/mol. The van der Waals surface area contributed by atoms with Gasteiger partial charge < -0.3 is 15.2 Å². The van der Waals surface area contributed by atoms with Crippen LogP contribution in [0.2, 0.25) is 0 Å². The molecule has 0 spiro atoms. The lowest BCUT2D eigenvalue weighted by atomic mass is 9.97. The first-order chi connectivity index (χ1) is 16.1. The molecule has 2 aromatic carbocycles. The van der Waals surface area contributed by atoms with Crippen LogP contribution in [0.15, 0.2) is 60.7 Å². The summed E-state index contributed by atoms with van der Waals surface area (Å²) in [7, 11) is 0. The van der Waals surface area contributed by atoms with Gasteiger partial charge in [0, 0.05) is 42.3 Å². The van der Waals surface area contributed by atoms with Crippen LogP contribution in [0.5, 0.6) is 5.75 Å². The molecule has 4 aromatic rings. The van der Waals surface area contributed by atoms with E-state index in [1.54, 1.807) is 12.1 Å². The molecule has 2 unspecified atom stereocenters. The number of aldehydes is 1. The highest BCUT2D eigenvalue weighted by Crippen LogP contribution is 2.32. The number of nitrogens with zero attached hydrogens (tertiary/aromatic N) is 3. The number of hydrogen-bond acceptors (Lipinski definition) is 6. The monoisotopic (exact) mass is 441 g/mol. The Labute approximate surface area is 192 Å². The SMILES string of the molecule is Cc1[nH]nc2nc(-c3ccc(O)cc3)cc(C(C=O)N3CCNC(Cc4ccccc4)C3)c12. The van der Waals surface area contributed by atoms with Crippen molar-refractivity contribution in [3.05, 3.63) is 77.5 Å². The zero-order valence-electron chi connectivity index (χ0n) is 18.5. The van der Waals surface area contributed by atoms with E-state index >= 15 is 0 Å². The van der Waals surface area contributed by atoms with Gasteiger partial charge in [0.15, 0.2) is 5.65 Å². The number of nitrogens with one attached hydrogen (secondary N) is 2. The van der Waals surface area contributed by atoms with Gasteiger partial charge in [-0.25, -0.2) is 4.98 Å². The molecule has 5 rings (SSSR count). The van der Waals surface area contributed by atoms with E-state index in [2.05, 4.69) is 44.7 Å². The van der Waals surface area contributed by atoms with E-state index in [0.717, 1.165) is 60.2 Å². The average Bonchev–Trinajstić information content (AvgIpc) is 3.22. The smallest absolute Gasteiger partial charge is 0.182 e. The first-order valence-electron chi connectivity index (χ1n) is 11.2. The van der Waals surface area contributed by atoms with Crippen LogP contribution in [-0.2, 0) is 11.2 Å². The summed E-state index contributed by atoms with van der Waals surface area (Å²) in [5.74, 6) is 0.201. The number of piperazine rings is 1. The fraction of sp³-hybridized carbons (Fsp3) is 0.269. The van der Waals surface area contributed by atoms with Crippen molar-refractivity contribution in [3.63, 3.8) is 0 Å². The third-order valence-electron chi connectivity index (χ3n) is 6.35. The fourth-order valence-corrected chi connectivity index (χ4v) is 4.72. The highest BCUT2D eigenvalue weighted by atomic mass is 16.3. The molecule has 1 aliphatic rings. The second-order valence-electron chi connectivity index (χ2n) is 8.61. The predicted molar refractivity (Wildman–Crippen MR) is 128 cm³/mol. The molecule has 1 aliphatic heterocycles. The van der Waals surface area contributed by atoms with E-state index < -0.39 is 6.04 Å². The maximum Gasteiger partial charge on any atom is 0.182 e. The summed E-state index contributed by atoms with van der Waals surface area (Å²) in [6, 6.07) is 19.2. The number of phenols is 1. The van der Waals surface area contributed by atoms with Gasteiger partial charge >= 0.3 is 0 Å². The molecule has 0 radical (unpaired) electrons. The van der Waals surface area contributed by atoms with Crippen molar-refractivity contribution in [3.8, 4) is 17.0 Å². The summed E-state index contributed by atoms with van der Waals surface area (Å²) in [6.45, 7) is 4.33. The number of rotatable bonds is 6. The summed E-state index contributed by atoms with van der Waals surface area (Å²) in [4.78, 5) is 19.5. The van der Waals surface area contributed by atoms with Crippen molar-refractivity contribution in [2.45, 2.75) is 25.4 Å². The number of phenolic OH excluding ortho intramolecular Hbond substituents is 1. The molecule has 0 saturated carbocycles. The van der Waals surface area contributed by atoms with Gasteiger partial charge in [-0.3, -0.25) is 10.00 Å². The number of H-pyrrole nitrogens is 1. The Balaban J connectivity index is 1.50. The Kier molecular flexibility index (Phi) is 5.90. The van der Waals surface area contributed by atoms with E-state index in [0.29, 0.717) is 5.65 Å². The van der Waals surface area contributed by atoms with Crippen LogP contribution in [-0.4, -0.2) is 57.2 Å². The number of carbonyl (C=O) groups excluding carboxylic acids is 1. The second-order valence-corrected chi connectivity index (χ2v) is 8.61. The van der Waals surface area contributed by atoms with Gasteiger partial charge in [0.05, 0.1) is 11.7 Å². The Morgan fingerprint density at radius 3 is 2.73 bits per heavy atom. The lowest BCUT2D eigenvalue weighted by molar-refractivity contribution is -0.113. The lowest BCUT2D eigenvalue weighted by Crippen LogP contribution is -2.52. The minimum absolute atomic E-state index is 0.201. The number of fused-ring (bicyclic) bond motifs is 1. The third-order valence-corrected chi connectivity index (χ3v) is 6.35. The normalized spacial score (nSPS) is 17.8. The number of hydrogen-bond donors (Lipinski definition) is 3. The molecule has 1 fully saturated rings. The molecule has 33 heavy (non-hydrogen) atoms. The average molecular weight is 442 g/mol. The lowest BCUT2D eigenvalue weighted by Gasteiger charge is -2.37. The van der Waals surface area contributed by atoms with Gasteiger partial charge in [0.1, 0.15) is 12.0 Å². The number of aryl methyl sites for hydroxylation is 1. The van der Waals surface area contributed by atoms with Crippen molar-refractivity contribution in [1.29, 1.82) is 0 Å². The summed E-state index contributed by atoms with van der Waals surface area (Å²) < 4.78 is 0. The minimum atomic E-state index is -0.400. The van der Waals surface area contributed by atoms with Gasteiger partial charge in [0.2, 0.25) is 0 Å². The third kappa shape index (κ3) is 4.37. The topological polar surface area (TPSA) is 94.1 Å². The van der Waals surface area contributed by atoms with Gasteiger partial charge in [-0.05, 0) is 54.8 Å². The molecule has 3 heterocycles. The van der Waals surface area contributed by atoms with Crippen LogP contribution < -0.4 is 5.32 Å². The Morgan fingerprint density at radius 1 is 1.18 bits per heavy atom. The van der Waals surface area contributed by atoms with Gasteiger partial charge in [-0.1, -0.05) is 30.3 Å². The molecule has 0 aliphatic carbocycles. The zero-order chi connectivity index (χ0) is 22.8. The second kappa shape index (κ2) is 9.13. The van der Waals surface area contributed by atoms with Crippen LogP contribution >= 0.6 is 0 Å². The van der Waals surface area contributed by atoms with Crippen LogP contribution in [0.25, 0.3) is 22.3 Å². The number of benzene rings is 2. The van der Waals surface area contributed by atoms with E-state index in [1.165, 1.54) is 5.56 Å². The maximum absolute atomic E-state index is 12.5. The first kappa shape index (κ1) is 21.3. The largest absolute Gasteiger partial charge is 0.508 e. The number of aromatic hydroxyl groups is 1. The Morgan fingerprint density at radius 2 is 1.97 bits per heavy atom. The summed E-state index contributed by atoms with van der Waals surface area (Å²) in [5, 5.41) is 21.6. The van der Waals surface area contributed by atoms with Crippen molar-refractivity contribution in [1.82, 2.24) is 25.4 Å². The fourth-order valence-electron chi connectivity index (χ4n) is 4.72. The van der Waals surface area contributed by atoms with Crippen molar-refractivity contribution >= 4 is 17.3 Å². The molecule has 7 nitrogen and oxygen atoms in total. The van der Waals surface area contributed by atoms with Gasteiger partial charge in [-0.15, -0.1) is 0 Å². The standard InChI is InChI=1S/C26H27N5O2/c1-17-25-22(14-23(28-26(25)30-29-17)19-7-9-21(33)10-8-19)24(16-32)31-12-11-27-20(15-31)13-18-5-3-2-4-6-18/h2-10,14,16,20,24,27,33H,11-13,15H2,1H3,(H,28,29,30). The van der Waals surface area contributed by atoms with Crippen LogP contribution in [0.1, 0.15) is 22.9 Å². The molecule has 2 atom stereocenters. The van der Waals surface area contributed by atoms with E-state index in [-0.39, 0.29) is 11.8 Å². The molecule has 0 amide bonds. The zero-order valence-corrected chi connectivity index (χ0v) is 18.5. The molecular formula is C26H27N5O2. The molecule has 1 saturated heterocycles. The van der Waals surface area contributed by atoms with E-state index in [1.807, 2.05) is 31.2 Å². The molecule has 3 N–H and O–H groups in total. The van der Waals surface area contributed by atoms with Crippen molar-refractivity contribution in [2.75, 3.05) is 19.6 Å². The predicted octanol–water partition coefficient (Wildman–Crippen LogP) is 3.40. The highest BCUT2D eigenvalue weighted by molar-refractivity contribution is 5.88. The van der Waals surface area contributed by atoms with Crippen LogP contribution in [0.3, 0.4) is 0 Å². The maximum atomic E-state index is 12.5. The molecule has 7 heteroatoms. The van der Waals surface area contributed by atoms with Gasteiger partial charge in [-0.2, -0.15) is 5.10 Å². The van der Waals surface area contributed by atoms with Crippen LogP contribution in [0.4, 0.5) is 0 Å². The summed E-state index contributed by atoms with van der Waals surface area (Å²) in [5.41, 5.74) is 5.27. The molecule has 0 bridgehead atoms. The minimum Gasteiger partial charge on any atom is -0.508 e. The summed E-state index contributed by atoms with van der Waals surface area (Å²) >= 11 is 0. The van der Waals surface area contributed by atoms with Gasteiger partial charge in [0.25, 0.3) is 0 Å². The van der Waals surface area contributed by atoms with E-state index in [9.17, 15) is 9.90 Å². The quantitative estimate of drug-likeness (QED) is 0.397. The van der Waals surface area contributed by atoms with Crippen molar-refractivity contribution < 1.29 is 9.90 Å². The van der Waals surface area contributed by atoms with Crippen molar-refractivity contribution in [2.24, 2.45) is 0 Å². The highest BCUT2D eigenvalue weighted by Gasteiger charge is 2.29. The number of aromatic nitrogens is 3. The van der Waals surface area contributed by atoms with E-state index in [4.69, 9.17) is 4.98 Å².